The second-order valence-electron chi connectivity index (χ2n) is 6.06. The number of likely N-dealkylation sites (tertiary alicyclic amines) is 1. The number of nitrogens with one attached hydrogen (secondary N) is 1. The normalized spacial score (nSPS) is 14.8. The van der Waals surface area contributed by atoms with Crippen LogP contribution in [0, 0.1) is 5.82 Å². The van der Waals surface area contributed by atoms with Crippen LogP contribution in [0.1, 0.15) is 34.3 Å². The molecule has 0 aromatic heterocycles. The molecule has 0 radical (unpaired) electrons. The van der Waals surface area contributed by atoms with Gasteiger partial charge in [0.05, 0.1) is 5.56 Å². The molecule has 0 bridgehead atoms. The third-order valence-corrected chi connectivity index (χ3v) is 4.56. The van der Waals surface area contributed by atoms with Crippen molar-refractivity contribution < 1.29 is 9.18 Å². The van der Waals surface area contributed by atoms with E-state index in [0.717, 1.165) is 25.2 Å². The lowest BCUT2D eigenvalue weighted by Gasteiger charge is -2.17. The Hall–Kier alpha value is -1.91. The average molecular weight is 347 g/mol. The number of carbonyl (C=O) groups is 1. The number of hydrogen-bond donors (Lipinski definition) is 1. The van der Waals surface area contributed by atoms with Crippen molar-refractivity contribution in [2.45, 2.75) is 25.9 Å². The number of benzene rings is 2. The van der Waals surface area contributed by atoms with Gasteiger partial charge in [-0.1, -0.05) is 35.9 Å². The Balaban J connectivity index is 1.67. The lowest BCUT2D eigenvalue weighted by Crippen LogP contribution is -2.25. The molecule has 24 heavy (non-hydrogen) atoms. The molecule has 3 nitrogen and oxygen atoms in total. The number of nitrogens with zero attached hydrogens (tertiary/aromatic N) is 1. The third-order valence-electron chi connectivity index (χ3n) is 4.32. The molecule has 1 amide bonds. The summed E-state index contributed by atoms with van der Waals surface area (Å²) in [4.78, 5) is 14.6. The summed E-state index contributed by atoms with van der Waals surface area (Å²) < 4.78 is 13.8. The van der Waals surface area contributed by atoms with E-state index in [4.69, 9.17) is 11.6 Å². The van der Waals surface area contributed by atoms with E-state index in [1.165, 1.54) is 36.6 Å². The van der Waals surface area contributed by atoms with Gasteiger partial charge in [-0.3, -0.25) is 9.69 Å². The first-order valence-corrected chi connectivity index (χ1v) is 8.53. The van der Waals surface area contributed by atoms with Gasteiger partial charge in [0.2, 0.25) is 0 Å². The Labute approximate surface area is 146 Å². The molecule has 0 unspecified atom stereocenters. The molecule has 0 spiro atoms. The van der Waals surface area contributed by atoms with Gasteiger partial charge in [-0.15, -0.1) is 0 Å². The number of hydrogen-bond acceptors (Lipinski definition) is 2. The smallest absolute Gasteiger partial charge is 0.254 e. The Morgan fingerprint density at radius 1 is 1.12 bits per heavy atom. The van der Waals surface area contributed by atoms with Crippen molar-refractivity contribution >= 4 is 17.5 Å². The summed E-state index contributed by atoms with van der Waals surface area (Å²) in [6, 6.07) is 12.0. The minimum absolute atomic E-state index is 0.0282. The van der Waals surface area contributed by atoms with Gasteiger partial charge in [-0.05, 0) is 55.3 Å². The van der Waals surface area contributed by atoms with Crippen molar-refractivity contribution in [1.29, 1.82) is 0 Å². The minimum Gasteiger partial charge on any atom is -0.348 e. The molecule has 2 aromatic rings. The second-order valence-corrected chi connectivity index (χ2v) is 6.50. The van der Waals surface area contributed by atoms with E-state index in [9.17, 15) is 9.18 Å². The van der Waals surface area contributed by atoms with Crippen LogP contribution in [-0.2, 0) is 13.1 Å². The average Bonchev–Trinajstić information content (AvgIpc) is 3.09. The van der Waals surface area contributed by atoms with Crippen LogP contribution in [0.3, 0.4) is 0 Å². The SMILES string of the molecule is O=C(NCc1ccccc1CN1CCCC1)c1cc(Cl)ccc1F. The largest absolute Gasteiger partial charge is 0.348 e. The molecule has 0 saturated carbocycles. The maximum atomic E-state index is 13.8. The van der Waals surface area contributed by atoms with E-state index in [0.29, 0.717) is 11.6 Å². The summed E-state index contributed by atoms with van der Waals surface area (Å²) in [6.45, 7) is 3.50. The quantitative estimate of drug-likeness (QED) is 0.887. The van der Waals surface area contributed by atoms with E-state index >= 15 is 0 Å². The molecule has 1 N–H and O–H groups in total. The van der Waals surface area contributed by atoms with E-state index < -0.39 is 11.7 Å². The Bertz CT molecular complexity index is 729. The van der Waals surface area contributed by atoms with Crippen LogP contribution in [0.15, 0.2) is 42.5 Å². The molecule has 1 fully saturated rings. The molecule has 0 atom stereocenters. The van der Waals surface area contributed by atoms with Crippen LogP contribution in [0.4, 0.5) is 4.39 Å². The van der Waals surface area contributed by atoms with Gasteiger partial charge >= 0.3 is 0 Å². The first kappa shape index (κ1) is 16.9. The van der Waals surface area contributed by atoms with Gasteiger partial charge in [-0.2, -0.15) is 0 Å². The second kappa shape index (κ2) is 7.77. The molecule has 5 heteroatoms. The van der Waals surface area contributed by atoms with Crippen LogP contribution in [0.2, 0.25) is 5.02 Å². The van der Waals surface area contributed by atoms with Crippen LogP contribution in [0.25, 0.3) is 0 Å². The molecular formula is C19H20ClFN2O. The van der Waals surface area contributed by atoms with E-state index in [-0.39, 0.29) is 5.56 Å². The van der Waals surface area contributed by atoms with Crippen molar-refractivity contribution in [3.05, 3.63) is 70.0 Å². The van der Waals surface area contributed by atoms with Crippen LogP contribution in [-0.4, -0.2) is 23.9 Å². The zero-order valence-corrected chi connectivity index (χ0v) is 14.2. The predicted octanol–water partition coefficient (Wildman–Crippen LogP) is 4.00. The Morgan fingerprint density at radius 2 is 1.83 bits per heavy atom. The van der Waals surface area contributed by atoms with Gasteiger partial charge in [-0.25, -0.2) is 4.39 Å². The van der Waals surface area contributed by atoms with Gasteiger partial charge in [0.25, 0.3) is 5.91 Å². The van der Waals surface area contributed by atoms with Crippen LogP contribution < -0.4 is 5.32 Å². The monoisotopic (exact) mass is 346 g/mol. The number of rotatable bonds is 5. The third kappa shape index (κ3) is 4.13. The first-order chi connectivity index (χ1) is 11.6. The summed E-state index contributed by atoms with van der Waals surface area (Å²) in [5, 5.41) is 3.14. The highest BCUT2D eigenvalue weighted by Gasteiger charge is 2.15. The summed E-state index contributed by atoms with van der Waals surface area (Å²) in [5.41, 5.74) is 2.23. The molecule has 0 aliphatic carbocycles. The molecule has 1 aliphatic rings. The van der Waals surface area contributed by atoms with Gasteiger partial charge in [0.1, 0.15) is 5.82 Å². The lowest BCUT2D eigenvalue weighted by atomic mass is 10.1. The molecule has 1 aliphatic heterocycles. The number of halogens is 2. The maximum Gasteiger partial charge on any atom is 0.254 e. The van der Waals surface area contributed by atoms with Gasteiger partial charge in [0.15, 0.2) is 0 Å². The van der Waals surface area contributed by atoms with E-state index in [1.54, 1.807) is 0 Å². The van der Waals surface area contributed by atoms with Crippen LogP contribution in [0.5, 0.6) is 0 Å². The van der Waals surface area contributed by atoms with E-state index in [1.807, 2.05) is 18.2 Å². The Kier molecular flexibility index (Phi) is 5.48. The highest BCUT2D eigenvalue weighted by Crippen LogP contribution is 2.17. The fourth-order valence-electron chi connectivity index (χ4n) is 3.01. The standard InChI is InChI=1S/C19H20ClFN2O/c20-16-7-8-18(21)17(11-16)19(24)22-12-14-5-1-2-6-15(14)13-23-9-3-4-10-23/h1-2,5-8,11H,3-4,9-10,12-13H2,(H,22,24). The summed E-state index contributed by atoms with van der Waals surface area (Å²) in [5.74, 6) is -1.02. The van der Waals surface area contributed by atoms with Crippen molar-refractivity contribution in [3.63, 3.8) is 0 Å². The zero-order chi connectivity index (χ0) is 16.9. The van der Waals surface area contributed by atoms with Crippen molar-refractivity contribution in [2.75, 3.05) is 13.1 Å². The number of carbonyl (C=O) groups excluding carboxylic acids is 1. The molecule has 126 valence electrons. The topological polar surface area (TPSA) is 32.3 Å². The van der Waals surface area contributed by atoms with Gasteiger partial charge < -0.3 is 5.32 Å². The Morgan fingerprint density at radius 3 is 2.58 bits per heavy atom. The molecule has 1 saturated heterocycles. The fourth-order valence-corrected chi connectivity index (χ4v) is 3.18. The van der Waals surface area contributed by atoms with Crippen molar-refractivity contribution in [1.82, 2.24) is 10.2 Å². The maximum absolute atomic E-state index is 13.8. The van der Waals surface area contributed by atoms with Crippen LogP contribution >= 0.6 is 11.6 Å². The van der Waals surface area contributed by atoms with Crippen molar-refractivity contribution in [3.8, 4) is 0 Å². The minimum atomic E-state index is -0.567. The first-order valence-electron chi connectivity index (χ1n) is 8.16. The zero-order valence-electron chi connectivity index (χ0n) is 13.4. The fraction of sp³-hybridized carbons (Fsp3) is 0.316. The highest BCUT2D eigenvalue weighted by molar-refractivity contribution is 6.31. The molecule has 2 aromatic carbocycles. The summed E-state index contributed by atoms with van der Waals surface area (Å²) >= 11 is 5.85. The lowest BCUT2D eigenvalue weighted by molar-refractivity contribution is 0.0946. The summed E-state index contributed by atoms with van der Waals surface area (Å²) in [7, 11) is 0. The van der Waals surface area contributed by atoms with Gasteiger partial charge in [0, 0.05) is 18.1 Å². The van der Waals surface area contributed by atoms with E-state index in [2.05, 4.69) is 16.3 Å². The molecular weight excluding hydrogens is 327 g/mol. The van der Waals surface area contributed by atoms with Crippen molar-refractivity contribution in [2.24, 2.45) is 0 Å². The highest BCUT2D eigenvalue weighted by atomic mass is 35.5. The summed E-state index contributed by atoms with van der Waals surface area (Å²) in [6.07, 6.45) is 2.49. The molecule has 1 heterocycles. The number of amides is 1. The predicted molar refractivity (Wildman–Crippen MR) is 93.5 cm³/mol. The molecule has 3 rings (SSSR count).